The van der Waals surface area contributed by atoms with E-state index in [1.54, 1.807) is 26.5 Å². The van der Waals surface area contributed by atoms with Crippen molar-refractivity contribution in [3.8, 4) is 23.1 Å². The molecular formula is C23H22N6O2. The van der Waals surface area contributed by atoms with Crippen molar-refractivity contribution in [1.82, 2.24) is 15.4 Å². The van der Waals surface area contributed by atoms with E-state index in [0.29, 0.717) is 18.1 Å². The largest absolute Gasteiger partial charge is 0.481 e. The smallest absolute Gasteiger partial charge is 0.213 e. The van der Waals surface area contributed by atoms with Gasteiger partial charge in [-0.3, -0.25) is 15.3 Å². The van der Waals surface area contributed by atoms with Crippen molar-refractivity contribution in [2.45, 2.75) is 13.1 Å². The second-order valence-corrected chi connectivity index (χ2v) is 7.03. The fourth-order valence-electron chi connectivity index (χ4n) is 3.54. The zero-order valence-corrected chi connectivity index (χ0v) is 17.5. The first kappa shape index (κ1) is 20.3. The number of nitrogens with one attached hydrogen (secondary N) is 1. The fourth-order valence-corrected chi connectivity index (χ4v) is 3.54. The number of methoxy groups -OCH3 is 2. The van der Waals surface area contributed by atoms with E-state index in [1.807, 2.05) is 54.4 Å². The van der Waals surface area contributed by atoms with Gasteiger partial charge in [0.2, 0.25) is 5.88 Å². The van der Waals surface area contributed by atoms with E-state index in [4.69, 9.17) is 19.7 Å². The molecule has 1 aliphatic rings. The van der Waals surface area contributed by atoms with Crippen molar-refractivity contribution in [3.63, 3.8) is 0 Å². The van der Waals surface area contributed by atoms with Crippen LogP contribution in [0.1, 0.15) is 23.0 Å². The zero-order chi connectivity index (χ0) is 21.8. The normalized spacial score (nSPS) is 15.2. The Morgan fingerprint density at radius 1 is 1.10 bits per heavy atom. The minimum atomic E-state index is -0.295. The Kier molecular flexibility index (Phi) is 5.78. The van der Waals surface area contributed by atoms with Crippen LogP contribution in [0.5, 0.6) is 5.88 Å². The first-order valence-corrected chi connectivity index (χ1v) is 9.72. The van der Waals surface area contributed by atoms with Gasteiger partial charge in [0, 0.05) is 24.9 Å². The van der Waals surface area contributed by atoms with Crippen LogP contribution in [0, 0.1) is 18.3 Å². The van der Waals surface area contributed by atoms with Gasteiger partial charge in [0.05, 0.1) is 36.3 Å². The number of aromatic nitrogens is 2. The van der Waals surface area contributed by atoms with Crippen molar-refractivity contribution < 1.29 is 9.47 Å². The van der Waals surface area contributed by atoms with Gasteiger partial charge in [0.15, 0.2) is 12.0 Å². The van der Waals surface area contributed by atoms with Crippen LogP contribution in [0.4, 0.5) is 5.69 Å². The Morgan fingerprint density at radius 2 is 1.97 bits per heavy atom. The highest BCUT2D eigenvalue weighted by molar-refractivity contribution is 6.00. The average molecular weight is 414 g/mol. The van der Waals surface area contributed by atoms with Gasteiger partial charge in [0.1, 0.15) is 6.61 Å². The first-order valence-electron chi connectivity index (χ1n) is 9.72. The number of amidine groups is 1. The molecule has 1 aliphatic heterocycles. The number of nitriles is 1. The van der Waals surface area contributed by atoms with Crippen molar-refractivity contribution in [2.75, 3.05) is 25.7 Å². The molecule has 8 nitrogen and oxygen atoms in total. The van der Waals surface area contributed by atoms with Gasteiger partial charge in [0.25, 0.3) is 0 Å². The topological polar surface area (TPSA) is 95.7 Å². The maximum absolute atomic E-state index is 9.08. The molecule has 0 amide bonds. The monoisotopic (exact) mass is 414 g/mol. The van der Waals surface area contributed by atoms with Crippen molar-refractivity contribution in [2.24, 2.45) is 5.10 Å². The third kappa shape index (κ3) is 4.04. The molecule has 1 atom stereocenters. The molecule has 4 rings (SSSR count). The summed E-state index contributed by atoms with van der Waals surface area (Å²) in [6.45, 7) is 2.34. The molecular weight excluding hydrogens is 392 g/mol. The number of hydrazone groups is 1. The summed E-state index contributed by atoms with van der Waals surface area (Å²) in [6.07, 6.45) is 3.28. The molecule has 3 heterocycles. The van der Waals surface area contributed by atoms with E-state index in [9.17, 15) is 0 Å². The predicted molar refractivity (Wildman–Crippen MR) is 118 cm³/mol. The molecule has 0 radical (unpaired) electrons. The average Bonchev–Trinajstić information content (AvgIpc) is 3.23. The maximum atomic E-state index is 9.08. The number of rotatable bonds is 6. The lowest BCUT2D eigenvalue weighted by molar-refractivity contribution is 0.244. The van der Waals surface area contributed by atoms with Gasteiger partial charge >= 0.3 is 0 Å². The Morgan fingerprint density at radius 3 is 2.58 bits per heavy atom. The second kappa shape index (κ2) is 8.81. The Labute approximate surface area is 180 Å². The van der Waals surface area contributed by atoms with E-state index in [0.717, 1.165) is 33.9 Å². The highest BCUT2D eigenvalue weighted by atomic mass is 16.5. The third-order valence-electron chi connectivity index (χ3n) is 5.07. The molecule has 0 saturated carbocycles. The summed E-state index contributed by atoms with van der Waals surface area (Å²) in [4.78, 5) is 11.0. The van der Waals surface area contributed by atoms with E-state index >= 15 is 0 Å². The van der Waals surface area contributed by atoms with Gasteiger partial charge in [-0.2, -0.15) is 10.4 Å². The molecule has 2 aromatic heterocycles. The SMILES string of the molecule is COCC1=NNC(c2ccc(-c3ccc(C#N)cc3C)cn2)N1c1ccc(OC)nc1. The molecule has 8 heteroatoms. The van der Waals surface area contributed by atoms with Crippen LogP contribution in [-0.2, 0) is 4.74 Å². The minimum absolute atomic E-state index is 0.295. The lowest BCUT2D eigenvalue weighted by atomic mass is 10.00. The number of benzene rings is 1. The number of hydrogen-bond donors (Lipinski definition) is 1. The molecule has 31 heavy (non-hydrogen) atoms. The fraction of sp³-hybridized carbons (Fsp3) is 0.217. The Bertz CT molecular complexity index is 1140. The number of pyridine rings is 2. The summed E-state index contributed by atoms with van der Waals surface area (Å²) in [5, 5.41) is 13.5. The van der Waals surface area contributed by atoms with Crippen LogP contribution in [0.2, 0.25) is 0 Å². The van der Waals surface area contributed by atoms with E-state index in [2.05, 4.69) is 21.6 Å². The Balaban J connectivity index is 1.63. The van der Waals surface area contributed by atoms with Crippen LogP contribution in [0.25, 0.3) is 11.1 Å². The molecule has 1 unspecified atom stereocenters. The van der Waals surface area contributed by atoms with Gasteiger partial charge in [-0.25, -0.2) is 4.98 Å². The summed E-state index contributed by atoms with van der Waals surface area (Å²) in [5.41, 5.74) is 8.51. The van der Waals surface area contributed by atoms with Crippen molar-refractivity contribution >= 4 is 11.5 Å². The molecule has 1 N–H and O–H groups in total. The number of hydrogen-bond acceptors (Lipinski definition) is 8. The molecule has 1 aromatic carbocycles. The van der Waals surface area contributed by atoms with Crippen LogP contribution >= 0.6 is 0 Å². The zero-order valence-electron chi connectivity index (χ0n) is 17.5. The van der Waals surface area contributed by atoms with Gasteiger partial charge in [-0.05, 0) is 42.3 Å². The molecule has 0 spiro atoms. The first-order chi connectivity index (χ1) is 15.1. The third-order valence-corrected chi connectivity index (χ3v) is 5.07. The van der Waals surface area contributed by atoms with Gasteiger partial charge in [-0.15, -0.1) is 0 Å². The highest BCUT2D eigenvalue weighted by Crippen LogP contribution is 2.30. The molecule has 0 fully saturated rings. The lowest BCUT2D eigenvalue weighted by Crippen LogP contribution is -2.35. The lowest BCUT2D eigenvalue weighted by Gasteiger charge is -2.26. The molecule has 0 saturated heterocycles. The van der Waals surface area contributed by atoms with E-state index in [-0.39, 0.29) is 6.17 Å². The summed E-state index contributed by atoms with van der Waals surface area (Å²) < 4.78 is 10.5. The standard InChI is InChI=1S/C23H22N6O2/c1-15-10-16(11-24)4-7-19(15)17-5-8-20(25-12-17)23-28-27-21(14-30-2)29(23)18-6-9-22(31-3)26-13-18/h4-10,12-13,23,28H,14H2,1-3H3. The Hall–Kier alpha value is -3.96. The summed E-state index contributed by atoms with van der Waals surface area (Å²) in [5.74, 6) is 1.27. The van der Waals surface area contributed by atoms with Crippen LogP contribution in [0.3, 0.4) is 0 Å². The molecule has 0 aliphatic carbocycles. The second-order valence-electron chi connectivity index (χ2n) is 7.03. The van der Waals surface area contributed by atoms with Gasteiger partial charge < -0.3 is 9.47 Å². The molecule has 3 aromatic rings. The van der Waals surface area contributed by atoms with Crippen molar-refractivity contribution in [3.05, 3.63) is 71.7 Å². The van der Waals surface area contributed by atoms with Crippen molar-refractivity contribution in [1.29, 1.82) is 5.26 Å². The minimum Gasteiger partial charge on any atom is -0.481 e. The summed E-state index contributed by atoms with van der Waals surface area (Å²) in [7, 11) is 3.22. The quantitative estimate of drug-likeness (QED) is 0.660. The number of aryl methyl sites for hydroxylation is 1. The predicted octanol–water partition coefficient (Wildman–Crippen LogP) is 3.40. The molecule has 0 bridgehead atoms. The molecule has 156 valence electrons. The highest BCUT2D eigenvalue weighted by Gasteiger charge is 2.31. The number of nitrogens with zero attached hydrogens (tertiary/aromatic N) is 5. The van der Waals surface area contributed by atoms with Gasteiger partial charge in [-0.1, -0.05) is 12.1 Å². The van der Waals surface area contributed by atoms with E-state index < -0.39 is 0 Å². The number of ether oxygens (including phenoxy) is 2. The summed E-state index contributed by atoms with van der Waals surface area (Å²) in [6, 6.07) is 15.5. The summed E-state index contributed by atoms with van der Waals surface area (Å²) >= 11 is 0. The maximum Gasteiger partial charge on any atom is 0.213 e. The van der Waals surface area contributed by atoms with E-state index in [1.165, 1.54) is 0 Å². The van der Waals surface area contributed by atoms with Crippen LogP contribution < -0.4 is 15.1 Å². The van der Waals surface area contributed by atoms with Crippen LogP contribution in [-0.4, -0.2) is 36.6 Å². The van der Waals surface area contributed by atoms with Crippen LogP contribution in [0.15, 0.2) is 60.0 Å². The number of anilines is 1.